The van der Waals surface area contributed by atoms with Crippen LogP contribution in [-0.2, 0) is 4.79 Å². The van der Waals surface area contributed by atoms with Gasteiger partial charge in [-0.15, -0.1) is 0 Å². The number of halogens is 1. The van der Waals surface area contributed by atoms with Crippen molar-refractivity contribution >= 4 is 35.0 Å². The fraction of sp³-hybridized carbons (Fsp3) is 0.0588. The molecule has 0 aliphatic carbocycles. The largest absolute Gasteiger partial charge is 0.507 e. The van der Waals surface area contributed by atoms with E-state index in [9.17, 15) is 9.90 Å². The maximum absolute atomic E-state index is 12.5. The number of benzene rings is 2. The van der Waals surface area contributed by atoms with Gasteiger partial charge in [-0.25, -0.2) is 0 Å². The average Bonchev–Trinajstić information content (AvgIpc) is 2.80. The Morgan fingerprint density at radius 2 is 1.91 bits per heavy atom. The van der Waals surface area contributed by atoms with E-state index < -0.39 is 0 Å². The number of hydrazone groups is 1. The van der Waals surface area contributed by atoms with E-state index in [-0.39, 0.29) is 11.7 Å². The number of hydrogen-bond donors (Lipinski definition) is 1. The number of anilines is 1. The lowest BCUT2D eigenvalue weighted by molar-refractivity contribution is -0.114. The van der Waals surface area contributed by atoms with Gasteiger partial charge in [0.1, 0.15) is 5.75 Å². The molecule has 0 aromatic heterocycles. The molecule has 0 fully saturated rings. The summed E-state index contributed by atoms with van der Waals surface area (Å²) in [5, 5.41) is 16.0. The minimum absolute atomic E-state index is 0.0654. The molecule has 0 bridgehead atoms. The molecule has 1 aliphatic rings. The SMILES string of the molecule is CC1=NN(c2ccccc2)C(=O)/C1=C\c1cc(Cl)ccc1O. The number of amides is 1. The van der Waals surface area contributed by atoms with Crippen molar-refractivity contribution in [3.8, 4) is 5.75 Å². The van der Waals surface area contributed by atoms with Crippen LogP contribution < -0.4 is 5.01 Å². The Balaban J connectivity index is 2.00. The molecule has 2 aromatic rings. The Labute approximate surface area is 133 Å². The third-order valence-electron chi connectivity index (χ3n) is 3.35. The van der Waals surface area contributed by atoms with Crippen LogP contribution in [0, 0.1) is 0 Å². The molecule has 3 rings (SSSR count). The number of hydrogen-bond acceptors (Lipinski definition) is 3. The first-order valence-corrected chi connectivity index (χ1v) is 7.09. The third kappa shape index (κ3) is 2.61. The van der Waals surface area contributed by atoms with Crippen molar-refractivity contribution in [1.82, 2.24) is 0 Å². The fourth-order valence-electron chi connectivity index (χ4n) is 2.22. The van der Waals surface area contributed by atoms with Gasteiger partial charge in [0.2, 0.25) is 0 Å². The fourth-order valence-corrected chi connectivity index (χ4v) is 2.41. The number of carbonyl (C=O) groups is 1. The number of phenols is 1. The summed E-state index contributed by atoms with van der Waals surface area (Å²) in [5.74, 6) is -0.168. The summed E-state index contributed by atoms with van der Waals surface area (Å²) in [6, 6.07) is 13.9. The molecule has 110 valence electrons. The van der Waals surface area contributed by atoms with E-state index in [1.165, 1.54) is 11.1 Å². The number of para-hydroxylation sites is 1. The molecule has 1 heterocycles. The van der Waals surface area contributed by atoms with E-state index >= 15 is 0 Å². The van der Waals surface area contributed by atoms with Gasteiger partial charge in [-0.1, -0.05) is 29.8 Å². The highest BCUT2D eigenvalue weighted by Crippen LogP contribution is 2.28. The minimum Gasteiger partial charge on any atom is -0.507 e. The van der Waals surface area contributed by atoms with Gasteiger partial charge in [-0.3, -0.25) is 4.79 Å². The van der Waals surface area contributed by atoms with Crippen molar-refractivity contribution in [2.24, 2.45) is 5.10 Å². The van der Waals surface area contributed by atoms with Crippen molar-refractivity contribution in [3.05, 3.63) is 64.7 Å². The van der Waals surface area contributed by atoms with Crippen molar-refractivity contribution in [2.75, 3.05) is 5.01 Å². The highest BCUT2D eigenvalue weighted by molar-refractivity contribution is 6.33. The zero-order chi connectivity index (χ0) is 15.7. The molecule has 1 amide bonds. The van der Waals surface area contributed by atoms with Crippen LogP contribution in [0.2, 0.25) is 5.02 Å². The molecular formula is C17H13ClN2O2. The predicted octanol–water partition coefficient (Wildman–Crippen LogP) is 3.85. The van der Waals surface area contributed by atoms with E-state index in [0.717, 1.165) is 0 Å². The van der Waals surface area contributed by atoms with Crippen LogP contribution in [0.4, 0.5) is 5.69 Å². The first kappa shape index (κ1) is 14.4. The van der Waals surface area contributed by atoms with Gasteiger partial charge in [0.15, 0.2) is 0 Å². The lowest BCUT2D eigenvalue weighted by Gasteiger charge is -2.11. The van der Waals surface area contributed by atoms with Gasteiger partial charge >= 0.3 is 0 Å². The van der Waals surface area contributed by atoms with Crippen LogP contribution in [0.5, 0.6) is 5.75 Å². The van der Waals surface area contributed by atoms with Crippen LogP contribution in [0.15, 0.2) is 59.2 Å². The van der Waals surface area contributed by atoms with Crippen LogP contribution in [0.1, 0.15) is 12.5 Å². The van der Waals surface area contributed by atoms with E-state index in [0.29, 0.717) is 27.6 Å². The summed E-state index contributed by atoms with van der Waals surface area (Å²) in [6.45, 7) is 1.76. The molecule has 1 N–H and O–H groups in total. The highest BCUT2D eigenvalue weighted by atomic mass is 35.5. The Kier molecular flexibility index (Phi) is 3.69. The molecule has 22 heavy (non-hydrogen) atoms. The highest BCUT2D eigenvalue weighted by Gasteiger charge is 2.28. The molecule has 0 spiro atoms. The molecule has 4 nitrogen and oxygen atoms in total. The monoisotopic (exact) mass is 312 g/mol. The predicted molar refractivity (Wildman–Crippen MR) is 88.1 cm³/mol. The lowest BCUT2D eigenvalue weighted by Crippen LogP contribution is -2.21. The van der Waals surface area contributed by atoms with Gasteiger partial charge in [0.05, 0.1) is 17.0 Å². The van der Waals surface area contributed by atoms with Crippen LogP contribution in [0.3, 0.4) is 0 Å². The topological polar surface area (TPSA) is 52.9 Å². The van der Waals surface area contributed by atoms with Gasteiger partial charge in [0, 0.05) is 10.6 Å². The maximum Gasteiger partial charge on any atom is 0.280 e. The Bertz CT molecular complexity index is 798. The second-order valence-corrected chi connectivity index (χ2v) is 5.34. The number of carbonyl (C=O) groups excluding carboxylic acids is 1. The van der Waals surface area contributed by atoms with Gasteiger partial charge in [-0.2, -0.15) is 10.1 Å². The first-order chi connectivity index (χ1) is 10.6. The second kappa shape index (κ2) is 5.66. The number of rotatable bonds is 2. The number of nitrogens with zero attached hydrogens (tertiary/aromatic N) is 2. The molecular weight excluding hydrogens is 300 g/mol. The summed E-state index contributed by atoms with van der Waals surface area (Å²) < 4.78 is 0. The molecule has 1 aliphatic heterocycles. The number of aromatic hydroxyl groups is 1. The standard InChI is InChI=1S/C17H13ClN2O2/c1-11-15(10-12-9-13(18)7-8-16(12)21)17(22)20(19-11)14-5-3-2-4-6-14/h2-10,21H,1H3/b15-10-. The minimum atomic E-state index is -0.233. The number of phenolic OH excluding ortho intramolecular Hbond substituents is 1. The lowest BCUT2D eigenvalue weighted by atomic mass is 10.1. The van der Waals surface area contributed by atoms with Gasteiger partial charge in [0.25, 0.3) is 5.91 Å². The zero-order valence-corrected chi connectivity index (χ0v) is 12.6. The van der Waals surface area contributed by atoms with Crippen LogP contribution >= 0.6 is 11.6 Å². The van der Waals surface area contributed by atoms with Crippen LogP contribution in [0.25, 0.3) is 6.08 Å². The molecule has 2 aromatic carbocycles. The summed E-state index contributed by atoms with van der Waals surface area (Å²) >= 11 is 5.93. The van der Waals surface area contributed by atoms with Crippen LogP contribution in [-0.4, -0.2) is 16.7 Å². The van der Waals surface area contributed by atoms with E-state index in [2.05, 4.69) is 5.10 Å². The van der Waals surface area contributed by atoms with E-state index in [1.54, 1.807) is 25.1 Å². The van der Waals surface area contributed by atoms with Gasteiger partial charge < -0.3 is 5.11 Å². The zero-order valence-electron chi connectivity index (χ0n) is 11.8. The molecule has 0 unspecified atom stereocenters. The first-order valence-electron chi connectivity index (χ1n) is 6.71. The Morgan fingerprint density at radius 3 is 2.64 bits per heavy atom. The molecule has 0 atom stereocenters. The summed E-state index contributed by atoms with van der Waals surface area (Å²) in [5.41, 5.74) is 2.21. The van der Waals surface area contributed by atoms with E-state index in [4.69, 9.17) is 11.6 Å². The maximum atomic E-state index is 12.5. The smallest absolute Gasteiger partial charge is 0.280 e. The third-order valence-corrected chi connectivity index (χ3v) is 3.59. The van der Waals surface area contributed by atoms with Crippen molar-refractivity contribution in [2.45, 2.75) is 6.92 Å². The molecule has 0 saturated heterocycles. The summed E-state index contributed by atoms with van der Waals surface area (Å²) in [6.07, 6.45) is 1.60. The van der Waals surface area contributed by atoms with Crippen molar-refractivity contribution in [1.29, 1.82) is 0 Å². The van der Waals surface area contributed by atoms with Crippen molar-refractivity contribution < 1.29 is 9.90 Å². The second-order valence-electron chi connectivity index (χ2n) is 4.90. The van der Waals surface area contributed by atoms with Gasteiger partial charge in [-0.05, 0) is 43.3 Å². The average molecular weight is 313 g/mol. The molecule has 0 radical (unpaired) electrons. The summed E-state index contributed by atoms with van der Waals surface area (Å²) in [4.78, 5) is 12.5. The molecule has 0 saturated carbocycles. The Hall–Kier alpha value is -2.59. The Morgan fingerprint density at radius 1 is 1.18 bits per heavy atom. The normalized spacial score (nSPS) is 16.3. The molecule has 5 heteroatoms. The van der Waals surface area contributed by atoms with Crippen molar-refractivity contribution in [3.63, 3.8) is 0 Å². The summed E-state index contributed by atoms with van der Waals surface area (Å²) in [7, 11) is 0. The quantitative estimate of drug-likeness (QED) is 0.856. The van der Waals surface area contributed by atoms with E-state index in [1.807, 2.05) is 30.3 Å².